The summed E-state index contributed by atoms with van der Waals surface area (Å²) in [7, 11) is 2.12. The van der Waals surface area contributed by atoms with Crippen LogP contribution in [0.5, 0.6) is 0 Å². The fourth-order valence-corrected chi connectivity index (χ4v) is 2.70. The van der Waals surface area contributed by atoms with E-state index in [1.54, 1.807) is 0 Å². The number of rotatable bonds is 2. The molecule has 0 N–H and O–H groups in total. The first-order valence-electron chi connectivity index (χ1n) is 6.28. The van der Waals surface area contributed by atoms with Crippen molar-refractivity contribution in [3.05, 3.63) is 35.0 Å². The number of aromatic nitrogens is 1. The second-order valence-corrected chi connectivity index (χ2v) is 5.22. The minimum absolute atomic E-state index is 0.797. The van der Waals surface area contributed by atoms with Crippen LogP contribution in [0.4, 0.5) is 0 Å². The number of fused-ring (bicyclic) bond motifs is 1. The number of aryl methyl sites for hydroxylation is 1. The monoisotopic (exact) mass is 264 g/mol. The van der Waals surface area contributed by atoms with Crippen LogP contribution in [0.3, 0.4) is 0 Å². The normalized spacial score (nSPS) is 17.4. The highest BCUT2D eigenvalue weighted by atomic mass is 35.5. The summed E-state index contributed by atoms with van der Waals surface area (Å²) in [4.78, 5) is 2.43. The van der Waals surface area contributed by atoms with Gasteiger partial charge in [-0.2, -0.15) is 0 Å². The number of nitrogens with zero attached hydrogens (tertiary/aromatic N) is 2. The molecule has 0 aliphatic carbocycles. The van der Waals surface area contributed by atoms with Crippen LogP contribution >= 0.6 is 11.6 Å². The van der Waals surface area contributed by atoms with Gasteiger partial charge in [-0.25, -0.2) is 0 Å². The topological polar surface area (TPSA) is 17.4 Å². The molecule has 0 atom stereocenters. The highest BCUT2D eigenvalue weighted by molar-refractivity contribution is 6.31. The van der Waals surface area contributed by atoms with E-state index in [2.05, 4.69) is 28.6 Å². The second kappa shape index (κ2) is 4.92. The maximum Gasteiger partial charge on any atom is 0.0594 e. The number of hydrogen-bond acceptors (Lipinski definition) is 2. The molecule has 1 aromatic carbocycles. The van der Waals surface area contributed by atoms with Crippen LogP contribution < -0.4 is 0 Å². The van der Waals surface area contributed by atoms with Crippen LogP contribution in [-0.4, -0.2) is 35.8 Å². The van der Waals surface area contributed by atoms with Crippen molar-refractivity contribution in [3.63, 3.8) is 0 Å². The van der Waals surface area contributed by atoms with Crippen molar-refractivity contribution in [2.24, 2.45) is 7.05 Å². The summed E-state index contributed by atoms with van der Waals surface area (Å²) in [6.07, 6.45) is 0. The first kappa shape index (κ1) is 12.0. The maximum atomic E-state index is 6.04. The average Bonchev–Trinajstić information content (AvgIpc) is 2.67. The molecule has 4 heteroatoms. The van der Waals surface area contributed by atoms with E-state index < -0.39 is 0 Å². The molecular formula is C14H17ClN2O. The van der Waals surface area contributed by atoms with Crippen molar-refractivity contribution >= 4 is 22.5 Å². The summed E-state index contributed by atoms with van der Waals surface area (Å²) >= 11 is 6.04. The van der Waals surface area contributed by atoms with E-state index in [9.17, 15) is 0 Å². The molecule has 1 aromatic heterocycles. The lowest BCUT2D eigenvalue weighted by Crippen LogP contribution is -2.36. The Kier molecular flexibility index (Phi) is 3.29. The molecule has 18 heavy (non-hydrogen) atoms. The van der Waals surface area contributed by atoms with Crippen molar-refractivity contribution in [1.82, 2.24) is 9.47 Å². The molecule has 1 aliphatic heterocycles. The molecule has 0 spiro atoms. The van der Waals surface area contributed by atoms with Gasteiger partial charge in [0.1, 0.15) is 0 Å². The quantitative estimate of drug-likeness (QED) is 0.830. The Hall–Kier alpha value is -1.03. The van der Waals surface area contributed by atoms with E-state index in [1.807, 2.05) is 12.1 Å². The van der Waals surface area contributed by atoms with Crippen LogP contribution in [0.1, 0.15) is 5.69 Å². The van der Waals surface area contributed by atoms with Crippen LogP contribution in [0.2, 0.25) is 5.02 Å². The number of morpholine rings is 1. The second-order valence-electron chi connectivity index (χ2n) is 4.79. The van der Waals surface area contributed by atoms with Crippen LogP contribution in [0, 0.1) is 0 Å². The summed E-state index contributed by atoms with van der Waals surface area (Å²) in [6, 6.07) is 8.29. The van der Waals surface area contributed by atoms with Crippen molar-refractivity contribution in [1.29, 1.82) is 0 Å². The third-order valence-electron chi connectivity index (χ3n) is 3.59. The van der Waals surface area contributed by atoms with Crippen molar-refractivity contribution in [2.45, 2.75) is 6.54 Å². The van der Waals surface area contributed by atoms with E-state index in [0.29, 0.717) is 0 Å². The fourth-order valence-electron chi connectivity index (χ4n) is 2.52. The Labute approximate surface area is 112 Å². The van der Waals surface area contributed by atoms with Gasteiger partial charge in [0.15, 0.2) is 0 Å². The van der Waals surface area contributed by atoms with Gasteiger partial charge in [0.05, 0.1) is 13.2 Å². The van der Waals surface area contributed by atoms with Gasteiger partial charge >= 0.3 is 0 Å². The summed E-state index contributed by atoms with van der Waals surface area (Å²) < 4.78 is 7.63. The summed E-state index contributed by atoms with van der Waals surface area (Å²) in [5.74, 6) is 0. The minimum atomic E-state index is 0.797. The molecule has 1 fully saturated rings. The van der Waals surface area contributed by atoms with Gasteiger partial charge < -0.3 is 9.30 Å². The number of halogens is 1. The Morgan fingerprint density at radius 2 is 2.00 bits per heavy atom. The number of hydrogen-bond donors (Lipinski definition) is 0. The first-order valence-corrected chi connectivity index (χ1v) is 6.66. The summed E-state index contributed by atoms with van der Waals surface area (Å²) in [5.41, 5.74) is 2.57. The zero-order valence-corrected chi connectivity index (χ0v) is 11.3. The number of benzene rings is 1. The molecule has 1 aliphatic rings. The van der Waals surface area contributed by atoms with Gasteiger partial charge in [-0.1, -0.05) is 11.6 Å². The maximum absolute atomic E-state index is 6.04. The molecule has 0 amide bonds. The van der Waals surface area contributed by atoms with Gasteiger partial charge in [-0.05, 0) is 24.3 Å². The molecule has 2 heterocycles. The molecule has 3 nitrogen and oxygen atoms in total. The van der Waals surface area contributed by atoms with Gasteiger partial charge in [0, 0.05) is 48.3 Å². The SMILES string of the molecule is Cn1c(CN2CCOCC2)cc2cc(Cl)ccc21. The third kappa shape index (κ3) is 2.26. The largest absolute Gasteiger partial charge is 0.379 e. The lowest BCUT2D eigenvalue weighted by Gasteiger charge is -2.26. The van der Waals surface area contributed by atoms with E-state index in [4.69, 9.17) is 16.3 Å². The highest BCUT2D eigenvalue weighted by Gasteiger charge is 2.13. The van der Waals surface area contributed by atoms with Crippen LogP contribution in [-0.2, 0) is 18.3 Å². The van der Waals surface area contributed by atoms with Gasteiger partial charge in [-0.3, -0.25) is 4.90 Å². The molecule has 2 aromatic rings. The van der Waals surface area contributed by atoms with Gasteiger partial charge in [-0.15, -0.1) is 0 Å². The van der Waals surface area contributed by atoms with Crippen molar-refractivity contribution in [2.75, 3.05) is 26.3 Å². The Bertz CT molecular complexity index is 558. The highest BCUT2D eigenvalue weighted by Crippen LogP contribution is 2.23. The Morgan fingerprint density at radius 1 is 1.22 bits per heavy atom. The fraction of sp³-hybridized carbons (Fsp3) is 0.429. The standard InChI is InChI=1S/C14H17ClN2O/c1-16-13(10-17-4-6-18-7-5-17)9-11-8-12(15)2-3-14(11)16/h2-3,8-9H,4-7,10H2,1H3. The molecular weight excluding hydrogens is 248 g/mol. The third-order valence-corrected chi connectivity index (χ3v) is 3.83. The van der Waals surface area contributed by atoms with E-state index in [-0.39, 0.29) is 0 Å². The van der Waals surface area contributed by atoms with E-state index in [0.717, 1.165) is 37.9 Å². The Balaban J connectivity index is 1.89. The molecule has 0 unspecified atom stereocenters. The smallest absolute Gasteiger partial charge is 0.0594 e. The predicted octanol–water partition coefficient (Wildman–Crippen LogP) is 2.66. The van der Waals surface area contributed by atoms with E-state index >= 15 is 0 Å². The van der Waals surface area contributed by atoms with Crippen LogP contribution in [0.15, 0.2) is 24.3 Å². The number of ether oxygens (including phenoxy) is 1. The van der Waals surface area contributed by atoms with Crippen molar-refractivity contribution < 1.29 is 4.74 Å². The zero-order chi connectivity index (χ0) is 12.5. The van der Waals surface area contributed by atoms with E-state index in [1.165, 1.54) is 16.6 Å². The summed E-state index contributed by atoms with van der Waals surface area (Å²) in [5, 5.41) is 2.01. The molecule has 96 valence electrons. The molecule has 0 saturated carbocycles. The van der Waals surface area contributed by atoms with Crippen molar-refractivity contribution in [3.8, 4) is 0 Å². The summed E-state index contributed by atoms with van der Waals surface area (Å²) in [6.45, 7) is 4.70. The van der Waals surface area contributed by atoms with Gasteiger partial charge in [0.2, 0.25) is 0 Å². The zero-order valence-electron chi connectivity index (χ0n) is 10.5. The minimum Gasteiger partial charge on any atom is -0.379 e. The Morgan fingerprint density at radius 3 is 2.78 bits per heavy atom. The predicted molar refractivity (Wildman–Crippen MR) is 74.0 cm³/mol. The molecule has 3 rings (SSSR count). The molecule has 1 saturated heterocycles. The lowest BCUT2D eigenvalue weighted by molar-refractivity contribution is 0.0333. The molecule has 0 radical (unpaired) electrons. The van der Waals surface area contributed by atoms with Gasteiger partial charge in [0.25, 0.3) is 0 Å². The lowest BCUT2D eigenvalue weighted by atomic mass is 10.2. The average molecular weight is 265 g/mol. The molecule has 0 bridgehead atoms. The van der Waals surface area contributed by atoms with Crippen LogP contribution in [0.25, 0.3) is 10.9 Å². The first-order chi connectivity index (χ1) is 8.74.